The highest BCUT2D eigenvalue weighted by Gasteiger charge is 2.03. The van der Waals surface area contributed by atoms with Crippen LogP contribution >= 0.6 is 11.3 Å². The van der Waals surface area contributed by atoms with Crippen LogP contribution in [0, 0.1) is 0 Å². The van der Waals surface area contributed by atoms with Gasteiger partial charge in [-0.25, -0.2) is 4.79 Å². The van der Waals surface area contributed by atoms with E-state index in [0.29, 0.717) is 12.4 Å². The maximum atomic E-state index is 10.7. The summed E-state index contributed by atoms with van der Waals surface area (Å²) in [5, 5.41) is 14.3. The largest absolute Gasteiger partial charge is 0.492 e. The molecule has 4 nitrogen and oxygen atoms in total. The maximum absolute atomic E-state index is 10.7. The summed E-state index contributed by atoms with van der Waals surface area (Å²) in [4.78, 5) is 12.1. The average Bonchev–Trinajstić information content (AvgIpc) is 2.95. The number of aryl methyl sites for hydroxylation is 1. The predicted molar refractivity (Wildman–Crippen MR) is 84.3 cm³/mol. The molecule has 2 aromatic rings. The first-order chi connectivity index (χ1) is 10.2. The van der Waals surface area contributed by atoms with Gasteiger partial charge in [0.05, 0.1) is 5.56 Å². The molecule has 0 aliphatic heterocycles. The van der Waals surface area contributed by atoms with Gasteiger partial charge in [-0.3, -0.25) is 0 Å². The second-order valence-electron chi connectivity index (χ2n) is 4.58. The minimum Gasteiger partial charge on any atom is -0.492 e. The molecule has 0 amide bonds. The quantitative estimate of drug-likeness (QED) is 0.735. The second-order valence-corrected chi connectivity index (χ2v) is 5.58. The summed E-state index contributed by atoms with van der Waals surface area (Å²) in [6.07, 6.45) is 1.06. The molecule has 1 aromatic carbocycles. The van der Waals surface area contributed by atoms with Crippen molar-refractivity contribution in [3.05, 3.63) is 51.7 Å². The molecule has 0 aliphatic rings. The van der Waals surface area contributed by atoms with Crippen molar-refractivity contribution < 1.29 is 14.6 Å². The fourth-order valence-electron chi connectivity index (χ4n) is 1.97. The van der Waals surface area contributed by atoms with Crippen LogP contribution in [0.4, 0.5) is 0 Å². The van der Waals surface area contributed by atoms with E-state index in [2.05, 4.69) is 23.7 Å². The summed E-state index contributed by atoms with van der Waals surface area (Å²) >= 11 is 1.77. The Hall–Kier alpha value is -1.85. The van der Waals surface area contributed by atoms with Gasteiger partial charge in [0.25, 0.3) is 0 Å². The molecule has 1 aromatic heterocycles. The molecule has 0 spiro atoms. The highest BCUT2D eigenvalue weighted by molar-refractivity contribution is 7.10. The molecular formula is C16H19NO3S. The van der Waals surface area contributed by atoms with Crippen LogP contribution in [0.1, 0.15) is 27.7 Å². The Labute approximate surface area is 128 Å². The minimum atomic E-state index is -0.925. The summed E-state index contributed by atoms with van der Waals surface area (Å²) in [6.45, 7) is 4.33. The molecule has 0 saturated carbocycles. The first-order valence-electron chi connectivity index (χ1n) is 6.93. The lowest BCUT2D eigenvalue weighted by Gasteiger charge is -2.08. The molecule has 0 radical (unpaired) electrons. The number of benzene rings is 1. The Morgan fingerprint density at radius 2 is 2.05 bits per heavy atom. The number of rotatable bonds is 8. The highest BCUT2D eigenvalue weighted by atomic mass is 32.1. The molecule has 0 fully saturated rings. The minimum absolute atomic E-state index is 0.269. The number of nitrogens with one attached hydrogen (secondary N) is 1. The molecule has 2 N–H and O–H groups in total. The molecule has 0 bridgehead atoms. The van der Waals surface area contributed by atoms with Crippen LogP contribution in [0.25, 0.3) is 0 Å². The fraction of sp³-hybridized carbons (Fsp3) is 0.312. The summed E-state index contributed by atoms with van der Waals surface area (Å²) in [5.41, 5.74) is 1.67. The van der Waals surface area contributed by atoms with Crippen molar-refractivity contribution >= 4 is 17.3 Å². The van der Waals surface area contributed by atoms with E-state index >= 15 is 0 Å². The van der Waals surface area contributed by atoms with Gasteiger partial charge in [0.1, 0.15) is 12.4 Å². The molecular weight excluding hydrogens is 286 g/mol. The van der Waals surface area contributed by atoms with Gasteiger partial charge in [-0.2, -0.15) is 0 Å². The lowest BCUT2D eigenvalue weighted by atomic mass is 10.2. The van der Waals surface area contributed by atoms with Gasteiger partial charge < -0.3 is 15.2 Å². The van der Waals surface area contributed by atoms with Crippen molar-refractivity contribution in [3.63, 3.8) is 0 Å². The third-order valence-electron chi connectivity index (χ3n) is 3.15. The third-order valence-corrected chi connectivity index (χ3v) is 4.12. The highest BCUT2D eigenvalue weighted by Crippen LogP contribution is 2.16. The molecule has 0 atom stereocenters. The molecule has 112 valence electrons. The smallest absolute Gasteiger partial charge is 0.335 e. The van der Waals surface area contributed by atoms with Crippen molar-refractivity contribution in [2.45, 2.75) is 19.9 Å². The lowest BCUT2D eigenvalue weighted by Crippen LogP contribution is -2.20. The summed E-state index contributed by atoms with van der Waals surface area (Å²) < 4.78 is 5.56. The number of ether oxygens (including phenoxy) is 1. The normalized spacial score (nSPS) is 10.5. The first-order valence-corrected chi connectivity index (χ1v) is 7.80. The number of carboxylic acid groups (broad SMARTS) is 1. The van der Waals surface area contributed by atoms with Crippen molar-refractivity contribution in [1.29, 1.82) is 0 Å². The zero-order valence-electron chi connectivity index (χ0n) is 12.0. The molecule has 21 heavy (non-hydrogen) atoms. The van der Waals surface area contributed by atoms with E-state index in [4.69, 9.17) is 9.84 Å². The average molecular weight is 305 g/mol. The van der Waals surface area contributed by atoms with Gasteiger partial charge in [-0.05, 0) is 47.7 Å². The van der Waals surface area contributed by atoms with E-state index in [-0.39, 0.29) is 5.56 Å². The SMILES string of the molecule is CCc1ccsc1CNCCOc1ccc(C(=O)O)cc1. The first kappa shape index (κ1) is 15.5. The van der Waals surface area contributed by atoms with Gasteiger partial charge in [0.15, 0.2) is 0 Å². The van der Waals surface area contributed by atoms with Crippen LogP contribution in [-0.4, -0.2) is 24.2 Å². The third kappa shape index (κ3) is 4.58. The van der Waals surface area contributed by atoms with E-state index in [9.17, 15) is 4.79 Å². The second kappa shape index (κ2) is 7.81. The van der Waals surface area contributed by atoms with Crippen molar-refractivity contribution in [1.82, 2.24) is 5.32 Å². The van der Waals surface area contributed by atoms with Gasteiger partial charge in [0.2, 0.25) is 0 Å². The predicted octanol–water partition coefficient (Wildman–Crippen LogP) is 3.18. The Bertz CT molecular complexity index is 577. The molecule has 0 unspecified atom stereocenters. The number of thiophene rings is 1. The van der Waals surface area contributed by atoms with E-state index in [0.717, 1.165) is 19.5 Å². The van der Waals surface area contributed by atoms with E-state index < -0.39 is 5.97 Å². The number of carbonyl (C=O) groups is 1. The van der Waals surface area contributed by atoms with Crippen LogP contribution in [0.15, 0.2) is 35.7 Å². The Kier molecular flexibility index (Phi) is 5.78. The number of hydrogen-bond acceptors (Lipinski definition) is 4. The van der Waals surface area contributed by atoms with Crippen LogP contribution in [-0.2, 0) is 13.0 Å². The molecule has 1 heterocycles. The Balaban J connectivity index is 1.69. The number of hydrogen-bond donors (Lipinski definition) is 2. The molecule has 0 saturated heterocycles. The monoisotopic (exact) mass is 305 g/mol. The maximum Gasteiger partial charge on any atom is 0.335 e. The topological polar surface area (TPSA) is 58.6 Å². The lowest BCUT2D eigenvalue weighted by molar-refractivity contribution is 0.0697. The Morgan fingerprint density at radius 3 is 2.71 bits per heavy atom. The summed E-state index contributed by atoms with van der Waals surface area (Å²) in [6, 6.07) is 8.62. The molecule has 5 heteroatoms. The Morgan fingerprint density at radius 1 is 1.29 bits per heavy atom. The van der Waals surface area contributed by atoms with Crippen LogP contribution in [0.2, 0.25) is 0 Å². The zero-order valence-corrected chi connectivity index (χ0v) is 12.8. The van der Waals surface area contributed by atoms with E-state index in [1.54, 1.807) is 35.6 Å². The van der Waals surface area contributed by atoms with Gasteiger partial charge in [-0.1, -0.05) is 6.92 Å². The van der Waals surface area contributed by atoms with Gasteiger partial charge >= 0.3 is 5.97 Å². The van der Waals surface area contributed by atoms with Gasteiger partial charge in [-0.15, -0.1) is 11.3 Å². The summed E-state index contributed by atoms with van der Waals surface area (Å²) in [5.74, 6) is -0.238. The van der Waals surface area contributed by atoms with Crippen LogP contribution < -0.4 is 10.1 Å². The zero-order chi connectivity index (χ0) is 15.1. The van der Waals surface area contributed by atoms with Gasteiger partial charge in [0, 0.05) is 18.0 Å². The number of aromatic carboxylic acids is 1. The van der Waals surface area contributed by atoms with Crippen molar-refractivity contribution in [2.24, 2.45) is 0 Å². The molecule has 2 rings (SSSR count). The summed E-state index contributed by atoms with van der Waals surface area (Å²) in [7, 11) is 0. The number of carboxylic acids is 1. The van der Waals surface area contributed by atoms with Crippen LogP contribution in [0.3, 0.4) is 0 Å². The van der Waals surface area contributed by atoms with Crippen LogP contribution in [0.5, 0.6) is 5.75 Å². The fourth-order valence-corrected chi connectivity index (χ4v) is 2.92. The van der Waals surface area contributed by atoms with Crippen molar-refractivity contribution in [2.75, 3.05) is 13.2 Å². The van der Waals surface area contributed by atoms with Crippen molar-refractivity contribution in [3.8, 4) is 5.75 Å². The molecule has 0 aliphatic carbocycles. The van der Waals surface area contributed by atoms with E-state index in [1.165, 1.54) is 10.4 Å². The standard InChI is InChI=1S/C16H19NO3S/c1-2-12-7-10-21-15(12)11-17-8-9-20-14-5-3-13(4-6-14)16(18)19/h3-7,10,17H,2,8-9,11H2,1H3,(H,18,19). The van der Waals surface area contributed by atoms with E-state index in [1.807, 2.05) is 0 Å².